The maximum atomic E-state index is 12.4. The van der Waals surface area contributed by atoms with Crippen LogP contribution in [0.25, 0.3) is 11.0 Å². The molecule has 9 heteroatoms. The smallest absolute Gasteiger partial charge is 0.351 e. The molecular weight excluding hydrogens is 354 g/mol. The van der Waals surface area contributed by atoms with Crippen LogP contribution in [0.4, 0.5) is 11.5 Å². The molecule has 9 nitrogen and oxygen atoms in total. The second-order valence-corrected chi connectivity index (χ2v) is 6.17. The van der Waals surface area contributed by atoms with Crippen LogP contribution in [0.1, 0.15) is 24.2 Å². The number of benzene rings is 1. The highest BCUT2D eigenvalue weighted by molar-refractivity contribution is 5.93. The largest absolute Gasteiger partial charge is 0.436 e. The number of ether oxygens (including phenoxy) is 1. The Labute approximate surface area is 152 Å². The van der Waals surface area contributed by atoms with Gasteiger partial charge in [0.2, 0.25) is 0 Å². The molecule has 0 aliphatic heterocycles. The van der Waals surface area contributed by atoms with Crippen molar-refractivity contribution in [2.45, 2.75) is 19.6 Å². The SMILES string of the molecule is CC(C)(Nc1ccc([N+](=O)[O-])cn1)OC(=O)c1cc2ccccc2oc1=O. The summed E-state index contributed by atoms with van der Waals surface area (Å²) in [6, 6.07) is 10.9. The minimum Gasteiger partial charge on any atom is -0.436 e. The van der Waals surface area contributed by atoms with E-state index in [9.17, 15) is 19.7 Å². The minimum atomic E-state index is -1.24. The van der Waals surface area contributed by atoms with Crippen LogP contribution >= 0.6 is 0 Å². The maximum Gasteiger partial charge on any atom is 0.351 e. The van der Waals surface area contributed by atoms with E-state index in [0.29, 0.717) is 11.0 Å². The number of pyridine rings is 1. The molecule has 0 unspecified atom stereocenters. The van der Waals surface area contributed by atoms with Crippen molar-refractivity contribution in [1.29, 1.82) is 0 Å². The van der Waals surface area contributed by atoms with Crippen LogP contribution in [0.5, 0.6) is 0 Å². The Kier molecular flexibility index (Phi) is 4.59. The number of fused-ring (bicyclic) bond motifs is 1. The molecule has 27 heavy (non-hydrogen) atoms. The average Bonchev–Trinajstić information content (AvgIpc) is 2.60. The summed E-state index contributed by atoms with van der Waals surface area (Å²) in [5.74, 6) is -0.599. The van der Waals surface area contributed by atoms with Gasteiger partial charge in [0.05, 0.1) is 4.92 Å². The van der Waals surface area contributed by atoms with Gasteiger partial charge in [0.1, 0.15) is 23.2 Å². The number of nitrogens with one attached hydrogen (secondary N) is 1. The van der Waals surface area contributed by atoms with E-state index >= 15 is 0 Å². The molecule has 1 N–H and O–H groups in total. The van der Waals surface area contributed by atoms with Crippen LogP contribution < -0.4 is 10.9 Å². The lowest BCUT2D eigenvalue weighted by molar-refractivity contribution is -0.385. The Balaban J connectivity index is 1.78. The fourth-order valence-electron chi connectivity index (χ4n) is 2.39. The third-order valence-electron chi connectivity index (χ3n) is 3.60. The van der Waals surface area contributed by atoms with Gasteiger partial charge in [-0.3, -0.25) is 10.1 Å². The van der Waals surface area contributed by atoms with E-state index in [1.54, 1.807) is 38.1 Å². The van der Waals surface area contributed by atoms with Gasteiger partial charge < -0.3 is 14.5 Å². The molecule has 0 amide bonds. The Morgan fingerprint density at radius 2 is 2.00 bits per heavy atom. The predicted molar refractivity (Wildman–Crippen MR) is 96.5 cm³/mol. The van der Waals surface area contributed by atoms with Crippen molar-refractivity contribution < 1.29 is 18.9 Å². The van der Waals surface area contributed by atoms with Crippen molar-refractivity contribution in [2.24, 2.45) is 0 Å². The van der Waals surface area contributed by atoms with Gasteiger partial charge in [0, 0.05) is 11.5 Å². The lowest BCUT2D eigenvalue weighted by Crippen LogP contribution is -2.38. The van der Waals surface area contributed by atoms with Gasteiger partial charge in [-0.15, -0.1) is 0 Å². The number of esters is 1. The number of para-hydroxylation sites is 1. The van der Waals surface area contributed by atoms with Crippen molar-refractivity contribution in [3.8, 4) is 0 Å². The summed E-state index contributed by atoms with van der Waals surface area (Å²) in [6.07, 6.45) is 1.08. The predicted octanol–water partition coefficient (Wildman–Crippen LogP) is 3.10. The number of hydrogen-bond donors (Lipinski definition) is 1. The van der Waals surface area contributed by atoms with Crippen molar-refractivity contribution in [2.75, 3.05) is 5.32 Å². The quantitative estimate of drug-likeness (QED) is 0.239. The first-order chi connectivity index (χ1) is 12.7. The molecule has 0 spiro atoms. The summed E-state index contributed by atoms with van der Waals surface area (Å²) >= 11 is 0. The molecule has 0 saturated heterocycles. The number of aromatic nitrogens is 1. The van der Waals surface area contributed by atoms with Gasteiger partial charge in [-0.2, -0.15) is 0 Å². The zero-order chi connectivity index (χ0) is 19.6. The number of nitro groups is 1. The molecule has 3 aromatic rings. The lowest BCUT2D eigenvalue weighted by Gasteiger charge is -2.26. The van der Waals surface area contributed by atoms with Gasteiger partial charge in [-0.1, -0.05) is 18.2 Å². The normalized spacial score (nSPS) is 11.2. The highest BCUT2D eigenvalue weighted by Crippen LogP contribution is 2.19. The van der Waals surface area contributed by atoms with Crippen molar-refractivity contribution in [3.05, 3.63) is 74.8 Å². The molecule has 0 aliphatic rings. The summed E-state index contributed by atoms with van der Waals surface area (Å²) in [7, 11) is 0. The third kappa shape index (κ3) is 4.09. The van der Waals surface area contributed by atoms with Crippen molar-refractivity contribution >= 4 is 28.4 Å². The van der Waals surface area contributed by atoms with E-state index in [-0.39, 0.29) is 17.1 Å². The fraction of sp³-hybridized carbons (Fsp3) is 0.167. The number of hydrogen-bond acceptors (Lipinski definition) is 8. The highest BCUT2D eigenvalue weighted by atomic mass is 16.6. The summed E-state index contributed by atoms with van der Waals surface area (Å²) in [6.45, 7) is 3.10. The highest BCUT2D eigenvalue weighted by Gasteiger charge is 2.26. The first kappa shape index (κ1) is 18.1. The molecule has 2 aromatic heterocycles. The first-order valence-corrected chi connectivity index (χ1v) is 7.90. The number of carbonyl (C=O) groups excluding carboxylic acids is 1. The molecule has 0 atom stereocenters. The van der Waals surface area contributed by atoms with Gasteiger partial charge >= 0.3 is 11.6 Å². The Morgan fingerprint density at radius 3 is 2.67 bits per heavy atom. The molecule has 3 rings (SSSR count). The van der Waals surface area contributed by atoms with Crippen LogP contribution in [-0.2, 0) is 4.74 Å². The molecule has 1 aromatic carbocycles. The lowest BCUT2D eigenvalue weighted by atomic mass is 10.2. The molecule has 0 radical (unpaired) electrons. The van der Waals surface area contributed by atoms with Gasteiger partial charge in [-0.05, 0) is 32.0 Å². The minimum absolute atomic E-state index is 0.163. The third-order valence-corrected chi connectivity index (χ3v) is 3.60. The second kappa shape index (κ2) is 6.87. The Morgan fingerprint density at radius 1 is 1.26 bits per heavy atom. The number of nitrogens with zero attached hydrogens (tertiary/aromatic N) is 2. The molecule has 0 aliphatic carbocycles. The standard InChI is InChI=1S/C18H15N3O6/c1-18(2,20-15-8-7-12(10-19-15)21(24)25)27-17(23)13-9-11-5-3-4-6-14(11)26-16(13)22/h3-10H,1-2H3,(H,19,20). The maximum absolute atomic E-state index is 12.4. The average molecular weight is 369 g/mol. The monoisotopic (exact) mass is 369 g/mol. The Bertz CT molecular complexity index is 1070. The number of carbonyl (C=O) groups is 1. The van der Waals surface area contributed by atoms with Crippen LogP contribution in [-0.4, -0.2) is 21.6 Å². The molecule has 138 valence electrons. The van der Waals surface area contributed by atoms with Gasteiger partial charge in [0.15, 0.2) is 5.72 Å². The summed E-state index contributed by atoms with van der Waals surface area (Å²) < 4.78 is 10.5. The van der Waals surface area contributed by atoms with Crippen LogP contribution in [0.3, 0.4) is 0 Å². The van der Waals surface area contributed by atoms with E-state index in [2.05, 4.69) is 10.3 Å². The van der Waals surface area contributed by atoms with Crippen LogP contribution in [0.2, 0.25) is 0 Å². The number of anilines is 1. The van der Waals surface area contributed by atoms with E-state index in [1.807, 2.05) is 0 Å². The van der Waals surface area contributed by atoms with Crippen LogP contribution in [0, 0.1) is 10.1 Å². The van der Waals surface area contributed by atoms with Gasteiger partial charge in [-0.25, -0.2) is 14.6 Å². The fourth-order valence-corrected chi connectivity index (χ4v) is 2.39. The van der Waals surface area contributed by atoms with Crippen molar-refractivity contribution in [1.82, 2.24) is 4.98 Å². The van der Waals surface area contributed by atoms with E-state index in [0.717, 1.165) is 6.20 Å². The summed E-state index contributed by atoms with van der Waals surface area (Å²) in [4.78, 5) is 38.5. The molecule has 2 heterocycles. The zero-order valence-electron chi connectivity index (χ0n) is 14.5. The molecule has 0 saturated carbocycles. The second-order valence-electron chi connectivity index (χ2n) is 6.17. The topological polar surface area (TPSA) is 125 Å². The molecular formula is C18H15N3O6. The summed E-state index contributed by atoms with van der Waals surface area (Å²) in [5.41, 5.74) is -2.07. The van der Waals surface area contributed by atoms with E-state index in [4.69, 9.17) is 9.15 Å². The van der Waals surface area contributed by atoms with Crippen LogP contribution in [0.15, 0.2) is 57.9 Å². The summed E-state index contributed by atoms with van der Waals surface area (Å²) in [5, 5.41) is 14.1. The zero-order valence-corrected chi connectivity index (χ0v) is 14.5. The first-order valence-electron chi connectivity index (χ1n) is 7.90. The molecule has 0 bridgehead atoms. The van der Waals surface area contributed by atoms with E-state index < -0.39 is 22.2 Å². The van der Waals surface area contributed by atoms with Gasteiger partial charge in [0.25, 0.3) is 5.69 Å². The Hall–Kier alpha value is -3.75. The van der Waals surface area contributed by atoms with Crippen molar-refractivity contribution in [3.63, 3.8) is 0 Å². The van der Waals surface area contributed by atoms with E-state index in [1.165, 1.54) is 18.2 Å². The number of rotatable bonds is 5. The molecule has 0 fully saturated rings.